The average Bonchev–Trinajstić information content (AvgIpc) is 2.69. The van der Waals surface area contributed by atoms with Crippen molar-refractivity contribution in [3.63, 3.8) is 0 Å². The molecule has 2 atom stereocenters. The van der Waals surface area contributed by atoms with Crippen molar-refractivity contribution in [1.82, 2.24) is 5.09 Å². The molecule has 2 aromatic carbocycles. The van der Waals surface area contributed by atoms with Crippen LogP contribution in [0.2, 0.25) is 0 Å². The first-order chi connectivity index (χ1) is 13.3. The summed E-state index contributed by atoms with van der Waals surface area (Å²) in [7, 11) is -2.55. The number of rotatable bonds is 8. The molecule has 0 unspecified atom stereocenters. The van der Waals surface area contributed by atoms with Crippen LogP contribution in [0, 0.1) is 29.1 Å². The molecule has 28 heavy (non-hydrogen) atoms. The van der Waals surface area contributed by atoms with Crippen molar-refractivity contribution < 1.29 is 40.5 Å². The van der Waals surface area contributed by atoms with Crippen molar-refractivity contribution in [2.24, 2.45) is 0 Å². The molecule has 5 nitrogen and oxygen atoms in total. The molecule has 11 heteroatoms. The zero-order valence-electron chi connectivity index (χ0n) is 14.6. The molecule has 2 rings (SSSR count). The van der Waals surface area contributed by atoms with E-state index in [9.17, 15) is 26.7 Å². The van der Waals surface area contributed by atoms with Crippen molar-refractivity contribution in [1.29, 1.82) is 0 Å². The zero-order valence-corrected chi connectivity index (χ0v) is 15.5. The normalized spacial score (nSPS) is 13.0. The molecule has 0 aromatic heterocycles. The van der Waals surface area contributed by atoms with E-state index in [1.807, 2.05) is 0 Å². The third-order valence-corrected chi connectivity index (χ3v) is 4.54. The van der Waals surface area contributed by atoms with Gasteiger partial charge in [-0.25, -0.2) is 18.3 Å². The maximum Gasteiger partial charge on any atom is 0.382 e. The quantitative estimate of drug-likeness (QED) is 0.221. The molecular formula is C17H15F5NO4P. The highest BCUT2D eigenvalue weighted by Gasteiger charge is 2.31. The van der Waals surface area contributed by atoms with E-state index in [1.165, 1.54) is 19.1 Å². The molecule has 0 bridgehead atoms. The minimum absolute atomic E-state index is 0.0703. The lowest BCUT2D eigenvalue weighted by atomic mass is 10.3. The molecule has 2 aromatic rings. The number of para-hydroxylation sites is 1. The Morgan fingerprint density at radius 2 is 1.50 bits per heavy atom. The summed E-state index contributed by atoms with van der Waals surface area (Å²) in [6.45, 7) is 2.99. The van der Waals surface area contributed by atoms with Crippen molar-refractivity contribution in [3.8, 4) is 11.5 Å². The second-order valence-electron chi connectivity index (χ2n) is 5.25. The molecule has 0 aliphatic heterocycles. The second kappa shape index (κ2) is 9.66. The van der Waals surface area contributed by atoms with Gasteiger partial charge in [0, 0.05) is 0 Å². The van der Waals surface area contributed by atoms with Crippen LogP contribution in [0.5, 0.6) is 11.5 Å². The number of halogens is 5. The Balaban J connectivity index is 2.33. The van der Waals surface area contributed by atoms with Crippen molar-refractivity contribution in [3.05, 3.63) is 59.4 Å². The fraction of sp³-hybridized carbons (Fsp3) is 0.235. The SMILES string of the molecule is CCOC(=O)[C@H](C)N[P@](Oc1ccccc1)Oc1c(F)c(F)c(F)c(F)c1F. The maximum absolute atomic E-state index is 13.9. The van der Waals surface area contributed by atoms with E-state index in [0.29, 0.717) is 0 Å². The largest absolute Gasteiger partial charge is 0.465 e. The Morgan fingerprint density at radius 3 is 2.04 bits per heavy atom. The number of esters is 1. The summed E-state index contributed by atoms with van der Waals surface area (Å²) in [5, 5.41) is 2.48. The lowest BCUT2D eigenvalue weighted by Crippen LogP contribution is -2.34. The number of nitrogens with one attached hydrogen (secondary N) is 1. The van der Waals surface area contributed by atoms with Gasteiger partial charge in [-0.1, -0.05) is 18.2 Å². The van der Waals surface area contributed by atoms with Gasteiger partial charge in [0.1, 0.15) is 11.8 Å². The minimum Gasteiger partial charge on any atom is -0.465 e. The standard InChI is InChI=1S/C17H15F5NO4P/c1-3-25-17(24)9(2)23-28(26-10-7-5-4-6-8-10)27-16-14(21)12(19)11(18)13(20)15(16)22/h4-9,23H,3H2,1-2H3/t9-,28+/m0/s1. The molecule has 0 saturated carbocycles. The van der Waals surface area contributed by atoms with Crippen molar-refractivity contribution in [2.75, 3.05) is 6.61 Å². The summed E-state index contributed by atoms with van der Waals surface area (Å²) >= 11 is 0. The van der Waals surface area contributed by atoms with Gasteiger partial charge in [-0.05, 0) is 26.0 Å². The summed E-state index contributed by atoms with van der Waals surface area (Å²) in [5.41, 5.74) is 0. The molecule has 1 N–H and O–H groups in total. The predicted octanol–water partition coefficient (Wildman–Crippen LogP) is 4.61. The summed E-state index contributed by atoms with van der Waals surface area (Å²) in [6.07, 6.45) is 0. The van der Waals surface area contributed by atoms with Crippen molar-refractivity contribution in [2.45, 2.75) is 19.9 Å². The first kappa shape index (κ1) is 21.8. The number of hydrogen-bond acceptors (Lipinski definition) is 5. The summed E-state index contributed by atoms with van der Waals surface area (Å²) < 4.78 is 82.9. The molecule has 0 fully saturated rings. The Labute approximate surface area is 158 Å². The molecule has 0 heterocycles. The highest BCUT2D eigenvalue weighted by molar-refractivity contribution is 7.45. The third kappa shape index (κ3) is 5.08. The van der Waals surface area contributed by atoms with Crippen LogP contribution in [-0.2, 0) is 9.53 Å². The first-order valence-electron chi connectivity index (χ1n) is 7.91. The predicted molar refractivity (Wildman–Crippen MR) is 90.1 cm³/mol. The fourth-order valence-corrected chi connectivity index (χ4v) is 3.08. The third-order valence-electron chi connectivity index (χ3n) is 3.21. The summed E-state index contributed by atoms with van der Waals surface area (Å²) in [5.74, 6) is -13.1. The molecule has 0 aliphatic carbocycles. The Hall–Kier alpha value is -2.45. The number of benzene rings is 2. The van der Waals surface area contributed by atoms with E-state index in [1.54, 1.807) is 25.1 Å². The van der Waals surface area contributed by atoms with Gasteiger partial charge < -0.3 is 13.8 Å². The topological polar surface area (TPSA) is 56.8 Å². The molecule has 0 spiro atoms. The van der Waals surface area contributed by atoms with E-state index in [-0.39, 0.29) is 12.4 Å². The van der Waals surface area contributed by atoms with Gasteiger partial charge >= 0.3 is 14.5 Å². The van der Waals surface area contributed by atoms with E-state index < -0.39 is 55.4 Å². The lowest BCUT2D eigenvalue weighted by Gasteiger charge is -2.22. The number of hydrogen-bond donors (Lipinski definition) is 1. The van der Waals surface area contributed by atoms with Gasteiger partial charge in [-0.15, -0.1) is 0 Å². The van der Waals surface area contributed by atoms with E-state index in [0.717, 1.165) is 0 Å². The Bertz CT molecular complexity index is 811. The van der Waals surface area contributed by atoms with Crippen LogP contribution in [0.3, 0.4) is 0 Å². The molecular weight excluding hydrogens is 408 g/mol. The van der Waals surface area contributed by atoms with Crippen LogP contribution in [0.15, 0.2) is 30.3 Å². The van der Waals surface area contributed by atoms with Gasteiger partial charge in [-0.2, -0.15) is 8.78 Å². The van der Waals surface area contributed by atoms with Crippen LogP contribution in [0.1, 0.15) is 13.8 Å². The van der Waals surface area contributed by atoms with Crippen LogP contribution >= 0.6 is 8.53 Å². The Kier molecular flexibility index (Phi) is 7.53. The zero-order chi connectivity index (χ0) is 20.8. The van der Waals surface area contributed by atoms with Crippen LogP contribution < -0.4 is 14.1 Å². The number of carbonyl (C=O) groups is 1. The van der Waals surface area contributed by atoms with Crippen molar-refractivity contribution >= 4 is 14.5 Å². The van der Waals surface area contributed by atoms with E-state index >= 15 is 0 Å². The lowest BCUT2D eigenvalue weighted by molar-refractivity contribution is -0.144. The minimum atomic E-state index is -2.55. The van der Waals surface area contributed by atoms with Gasteiger partial charge in [0.05, 0.1) is 6.61 Å². The summed E-state index contributed by atoms with van der Waals surface area (Å²) in [6, 6.07) is 6.69. The van der Waals surface area contributed by atoms with E-state index in [4.69, 9.17) is 13.8 Å². The molecule has 0 radical (unpaired) electrons. The maximum atomic E-state index is 13.9. The molecule has 0 amide bonds. The smallest absolute Gasteiger partial charge is 0.382 e. The second-order valence-corrected chi connectivity index (χ2v) is 6.39. The van der Waals surface area contributed by atoms with Crippen LogP contribution in [-0.4, -0.2) is 18.6 Å². The summed E-state index contributed by atoms with van der Waals surface area (Å²) in [4.78, 5) is 11.8. The van der Waals surface area contributed by atoms with Gasteiger partial charge in [0.15, 0.2) is 0 Å². The average molecular weight is 423 g/mol. The highest BCUT2D eigenvalue weighted by atomic mass is 31.2. The Morgan fingerprint density at radius 1 is 0.964 bits per heavy atom. The molecule has 152 valence electrons. The monoisotopic (exact) mass is 423 g/mol. The number of carbonyl (C=O) groups excluding carboxylic acids is 1. The molecule has 0 aliphatic rings. The highest BCUT2D eigenvalue weighted by Crippen LogP contribution is 2.41. The fourth-order valence-electron chi connectivity index (χ4n) is 1.87. The van der Waals surface area contributed by atoms with E-state index in [2.05, 4.69) is 5.09 Å². The first-order valence-corrected chi connectivity index (χ1v) is 9.09. The van der Waals surface area contributed by atoms with Gasteiger partial charge in [-0.3, -0.25) is 4.79 Å². The van der Waals surface area contributed by atoms with Gasteiger partial charge in [0.25, 0.3) is 0 Å². The molecule has 0 saturated heterocycles. The van der Waals surface area contributed by atoms with Crippen LogP contribution in [0.25, 0.3) is 0 Å². The van der Waals surface area contributed by atoms with Crippen LogP contribution in [0.4, 0.5) is 22.0 Å². The number of ether oxygens (including phenoxy) is 1. The van der Waals surface area contributed by atoms with Gasteiger partial charge in [0.2, 0.25) is 34.8 Å².